The molecular formula is C20H30N4O2S. The molecule has 1 aliphatic heterocycles. The van der Waals surface area contributed by atoms with Crippen molar-refractivity contribution in [3.05, 3.63) is 48.2 Å². The van der Waals surface area contributed by atoms with Crippen LogP contribution in [0.15, 0.2) is 47.6 Å². The van der Waals surface area contributed by atoms with E-state index < -0.39 is 10.0 Å². The Morgan fingerprint density at radius 1 is 1.07 bits per heavy atom. The molecule has 0 radical (unpaired) electrons. The van der Waals surface area contributed by atoms with Crippen molar-refractivity contribution in [2.45, 2.75) is 56.6 Å². The van der Waals surface area contributed by atoms with Crippen LogP contribution in [0.25, 0.3) is 0 Å². The molecule has 1 saturated heterocycles. The summed E-state index contributed by atoms with van der Waals surface area (Å²) in [5, 5.41) is 4.39. The molecular weight excluding hydrogens is 360 g/mol. The maximum Gasteiger partial charge on any atom is 0.257 e. The molecule has 1 aromatic heterocycles. The average Bonchev–Trinajstić information content (AvgIpc) is 2.98. The fraction of sp³-hybridized carbons (Fsp3) is 0.550. The Bertz CT molecular complexity index is 796. The number of rotatable bonds is 8. The van der Waals surface area contributed by atoms with E-state index in [1.807, 2.05) is 25.1 Å². The lowest BCUT2D eigenvalue weighted by molar-refractivity contribution is 0.206. The van der Waals surface area contributed by atoms with Crippen LogP contribution in [0.1, 0.15) is 50.6 Å². The van der Waals surface area contributed by atoms with Gasteiger partial charge >= 0.3 is 0 Å². The second-order valence-electron chi connectivity index (χ2n) is 7.12. The fourth-order valence-electron chi connectivity index (χ4n) is 3.73. The molecule has 148 valence electrons. The van der Waals surface area contributed by atoms with E-state index in [4.69, 9.17) is 0 Å². The van der Waals surface area contributed by atoms with E-state index >= 15 is 0 Å². The van der Waals surface area contributed by atoms with Crippen LogP contribution in [-0.2, 0) is 16.6 Å². The van der Waals surface area contributed by atoms with Crippen molar-refractivity contribution >= 4 is 10.0 Å². The summed E-state index contributed by atoms with van der Waals surface area (Å²) in [6.45, 7) is 4.99. The monoisotopic (exact) mass is 390 g/mol. The number of nitrogens with one attached hydrogen (secondary N) is 1. The van der Waals surface area contributed by atoms with Gasteiger partial charge in [0.2, 0.25) is 0 Å². The first-order chi connectivity index (χ1) is 13.1. The number of benzene rings is 1. The highest BCUT2D eigenvalue weighted by Gasteiger charge is 2.25. The largest absolute Gasteiger partial charge is 0.295 e. The van der Waals surface area contributed by atoms with E-state index in [0.29, 0.717) is 13.1 Å². The summed E-state index contributed by atoms with van der Waals surface area (Å²) in [4.78, 5) is 2.42. The van der Waals surface area contributed by atoms with Crippen LogP contribution in [0, 0.1) is 0 Å². The van der Waals surface area contributed by atoms with E-state index in [1.54, 1.807) is 16.9 Å². The van der Waals surface area contributed by atoms with E-state index in [1.165, 1.54) is 25.7 Å². The maximum absolute atomic E-state index is 12.9. The van der Waals surface area contributed by atoms with E-state index in [2.05, 4.69) is 26.9 Å². The minimum atomic E-state index is -3.60. The number of sulfonamides is 1. The first-order valence-corrected chi connectivity index (χ1v) is 11.4. The number of hydrogen-bond acceptors (Lipinski definition) is 4. The Kier molecular flexibility index (Phi) is 7.04. The molecule has 6 nitrogen and oxygen atoms in total. The molecule has 7 heteroatoms. The maximum atomic E-state index is 12.9. The Balaban J connectivity index is 1.78. The van der Waals surface area contributed by atoms with E-state index in [0.717, 1.165) is 25.1 Å². The van der Waals surface area contributed by atoms with Gasteiger partial charge in [-0.25, -0.2) is 13.1 Å². The molecule has 27 heavy (non-hydrogen) atoms. The van der Waals surface area contributed by atoms with Gasteiger partial charge in [-0.15, -0.1) is 0 Å². The molecule has 3 rings (SSSR count). The zero-order valence-corrected chi connectivity index (χ0v) is 16.9. The van der Waals surface area contributed by atoms with Gasteiger partial charge in [-0.3, -0.25) is 9.58 Å². The molecule has 1 aliphatic rings. The standard InChI is InChI=1S/C20H30N4O2S/c1-2-14-24-20(12-13-21-24)27(25,26)22-17-19(18-10-6-5-7-11-18)23-15-8-3-4-9-16-23/h5-7,10-13,19,22H,2-4,8-9,14-17H2,1H3/t19-/m1/s1. The topological polar surface area (TPSA) is 67.2 Å². The van der Waals surface area contributed by atoms with Gasteiger partial charge in [-0.2, -0.15) is 5.10 Å². The van der Waals surface area contributed by atoms with Gasteiger partial charge in [0.1, 0.15) is 0 Å². The normalized spacial score (nSPS) is 17.5. The summed E-state index contributed by atoms with van der Waals surface area (Å²) in [5.74, 6) is 0. The van der Waals surface area contributed by atoms with Crippen LogP contribution in [0.3, 0.4) is 0 Å². The SMILES string of the molecule is CCCn1nccc1S(=O)(=O)NC[C@H](c1ccccc1)N1CCCCCC1. The highest BCUT2D eigenvalue weighted by molar-refractivity contribution is 7.89. The number of aromatic nitrogens is 2. The first kappa shape index (κ1) is 20.0. The van der Waals surface area contributed by atoms with Crippen LogP contribution in [-0.4, -0.2) is 42.7 Å². The van der Waals surface area contributed by atoms with Gasteiger partial charge in [-0.05, 0) is 44.0 Å². The molecule has 2 heterocycles. The van der Waals surface area contributed by atoms with E-state index in [9.17, 15) is 8.42 Å². The Labute approximate surface area is 162 Å². The highest BCUT2D eigenvalue weighted by Crippen LogP contribution is 2.24. The van der Waals surface area contributed by atoms with Gasteiger partial charge in [0.05, 0.1) is 6.20 Å². The summed E-state index contributed by atoms with van der Waals surface area (Å²) in [6.07, 6.45) is 7.22. The third kappa shape index (κ3) is 5.18. The van der Waals surface area contributed by atoms with Gasteiger partial charge in [0, 0.05) is 19.1 Å². The predicted molar refractivity (Wildman–Crippen MR) is 107 cm³/mol. The molecule has 0 unspecified atom stereocenters. The fourth-order valence-corrected chi connectivity index (χ4v) is 4.91. The third-order valence-electron chi connectivity index (χ3n) is 5.12. The Hall–Kier alpha value is -1.70. The van der Waals surface area contributed by atoms with Crippen LogP contribution in [0.4, 0.5) is 0 Å². The molecule has 0 amide bonds. The van der Waals surface area contributed by atoms with Crippen LogP contribution in [0.2, 0.25) is 0 Å². The molecule has 0 aliphatic carbocycles. The molecule has 0 bridgehead atoms. The summed E-state index contributed by atoms with van der Waals surface area (Å²) < 4.78 is 30.2. The smallest absolute Gasteiger partial charge is 0.257 e. The highest BCUT2D eigenvalue weighted by atomic mass is 32.2. The van der Waals surface area contributed by atoms with Crippen molar-refractivity contribution in [3.63, 3.8) is 0 Å². The third-order valence-corrected chi connectivity index (χ3v) is 6.56. The van der Waals surface area contributed by atoms with Crippen molar-refractivity contribution in [2.75, 3.05) is 19.6 Å². The minimum Gasteiger partial charge on any atom is -0.295 e. The van der Waals surface area contributed by atoms with Crippen molar-refractivity contribution in [1.29, 1.82) is 0 Å². The first-order valence-electron chi connectivity index (χ1n) is 9.92. The molecule has 1 fully saturated rings. The van der Waals surface area contributed by atoms with Gasteiger partial charge in [-0.1, -0.05) is 50.1 Å². The van der Waals surface area contributed by atoms with Crippen LogP contribution in [0.5, 0.6) is 0 Å². The number of hydrogen-bond donors (Lipinski definition) is 1. The molecule has 1 aromatic carbocycles. The van der Waals surface area contributed by atoms with Gasteiger partial charge in [0.15, 0.2) is 5.03 Å². The van der Waals surface area contributed by atoms with E-state index in [-0.39, 0.29) is 11.1 Å². The van der Waals surface area contributed by atoms with Crippen LogP contribution < -0.4 is 4.72 Å². The molecule has 1 N–H and O–H groups in total. The summed E-state index contributed by atoms with van der Waals surface area (Å²) >= 11 is 0. The van der Waals surface area contributed by atoms with Gasteiger partial charge < -0.3 is 0 Å². The number of nitrogens with zero attached hydrogens (tertiary/aromatic N) is 3. The molecule has 2 aromatic rings. The Morgan fingerprint density at radius 3 is 2.44 bits per heavy atom. The summed E-state index contributed by atoms with van der Waals surface area (Å²) in [6, 6.07) is 11.8. The second-order valence-corrected chi connectivity index (χ2v) is 8.83. The quantitative estimate of drug-likeness (QED) is 0.752. The predicted octanol–water partition coefficient (Wildman–Crippen LogP) is 3.19. The molecule has 0 spiro atoms. The second kappa shape index (κ2) is 9.48. The Morgan fingerprint density at radius 2 is 1.78 bits per heavy atom. The van der Waals surface area contributed by atoms with Crippen molar-refractivity contribution in [1.82, 2.24) is 19.4 Å². The summed E-state index contributed by atoms with van der Waals surface area (Å²) in [7, 11) is -3.60. The zero-order valence-electron chi connectivity index (χ0n) is 16.0. The minimum absolute atomic E-state index is 0.0432. The number of aryl methyl sites for hydroxylation is 1. The van der Waals surface area contributed by atoms with Crippen LogP contribution >= 0.6 is 0 Å². The summed E-state index contributed by atoms with van der Waals surface area (Å²) in [5.41, 5.74) is 1.16. The lowest BCUT2D eigenvalue weighted by Crippen LogP contribution is -2.39. The zero-order chi connectivity index (χ0) is 19.1. The molecule has 0 saturated carbocycles. The lowest BCUT2D eigenvalue weighted by atomic mass is 10.1. The van der Waals surface area contributed by atoms with Gasteiger partial charge in [0.25, 0.3) is 10.0 Å². The number of likely N-dealkylation sites (tertiary alicyclic amines) is 1. The van der Waals surface area contributed by atoms with Crippen molar-refractivity contribution in [3.8, 4) is 0 Å². The average molecular weight is 391 g/mol. The van der Waals surface area contributed by atoms with Crippen molar-refractivity contribution in [2.24, 2.45) is 0 Å². The lowest BCUT2D eigenvalue weighted by Gasteiger charge is -2.31. The molecule has 1 atom stereocenters. The van der Waals surface area contributed by atoms with Crippen molar-refractivity contribution < 1.29 is 8.42 Å².